The van der Waals surface area contributed by atoms with Crippen LogP contribution in [0.3, 0.4) is 0 Å². The van der Waals surface area contributed by atoms with Crippen molar-refractivity contribution in [2.75, 3.05) is 23.5 Å². The molecule has 8 heteroatoms. The highest BCUT2D eigenvalue weighted by molar-refractivity contribution is 5.63. The molecule has 0 saturated heterocycles. The molecular formula is C20H22N6O2. The van der Waals surface area contributed by atoms with Gasteiger partial charge in [0.25, 0.3) is 5.56 Å². The summed E-state index contributed by atoms with van der Waals surface area (Å²) < 4.78 is 1.69. The first-order chi connectivity index (χ1) is 13.8. The van der Waals surface area contributed by atoms with Crippen LogP contribution in [-0.2, 0) is 11.4 Å². The highest BCUT2D eigenvalue weighted by Gasteiger charge is 2.23. The Morgan fingerprint density at radius 2 is 2.00 bits per heavy atom. The molecule has 1 aliphatic heterocycles. The Balaban J connectivity index is 1.71. The predicted molar refractivity (Wildman–Crippen MR) is 107 cm³/mol. The van der Waals surface area contributed by atoms with Crippen molar-refractivity contribution < 1.29 is 4.84 Å². The van der Waals surface area contributed by atoms with E-state index in [1.165, 1.54) is 0 Å². The fraction of sp³-hybridized carbons (Fsp3) is 0.300. The predicted octanol–water partition coefficient (Wildman–Crippen LogP) is 3.00. The molecule has 3 aromatic rings. The third-order valence-corrected chi connectivity index (χ3v) is 4.45. The molecule has 0 fully saturated rings. The molecule has 0 atom stereocenters. The van der Waals surface area contributed by atoms with Gasteiger partial charge in [-0.2, -0.15) is 4.98 Å². The van der Waals surface area contributed by atoms with Crippen LogP contribution in [0.2, 0.25) is 0 Å². The first kappa shape index (κ1) is 18.1. The van der Waals surface area contributed by atoms with Gasteiger partial charge < -0.3 is 0 Å². The van der Waals surface area contributed by atoms with Crippen LogP contribution < -0.4 is 15.9 Å². The van der Waals surface area contributed by atoms with Crippen LogP contribution in [0.1, 0.15) is 19.8 Å². The monoisotopic (exact) mass is 378 g/mol. The number of fused-ring (bicyclic) bond motifs is 1. The molecule has 0 aliphatic carbocycles. The van der Waals surface area contributed by atoms with Gasteiger partial charge in [0.1, 0.15) is 5.82 Å². The van der Waals surface area contributed by atoms with Crippen LogP contribution >= 0.6 is 0 Å². The van der Waals surface area contributed by atoms with Crippen molar-refractivity contribution in [2.45, 2.75) is 26.3 Å². The van der Waals surface area contributed by atoms with Crippen LogP contribution in [0, 0.1) is 0 Å². The van der Waals surface area contributed by atoms with Crippen LogP contribution in [0.15, 0.2) is 53.5 Å². The molecule has 1 N–H and O–H groups in total. The van der Waals surface area contributed by atoms with Gasteiger partial charge in [0.2, 0.25) is 11.9 Å². The quantitative estimate of drug-likeness (QED) is 0.521. The molecule has 1 aliphatic rings. The van der Waals surface area contributed by atoms with Gasteiger partial charge in [-0.1, -0.05) is 37.3 Å². The summed E-state index contributed by atoms with van der Waals surface area (Å²) in [7, 11) is 0. The largest absolute Gasteiger partial charge is 0.296 e. The zero-order valence-electron chi connectivity index (χ0n) is 15.7. The summed E-state index contributed by atoms with van der Waals surface area (Å²) in [4.78, 5) is 33.5. The number of benzene rings is 1. The Morgan fingerprint density at radius 3 is 2.82 bits per heavy atom. The van der Waals surface area contributed by atoms with E-state index >= 15 is 0 Å². The fourth-order valence-corrected chi connectivity index (χ4v) is 3.14. The van der Waals surface area contributed by atoms with Crippen molar-refractivity contribution in [3.8, 4) is 11.3 Å². The van der Waals surface area contributed by atoms with Gasteiger partial charge >= 0.3 is 0 Å². The highest BCUT2D eigenvalue weighted by atomic mass is 16.6. The van der Waals surface area contributed by atoms with Crippen molar-refractivity contribution in [3.05, 3.63) is 59.0 Å². The molecule has 0 bridgehead atoms. The average molecular weight is 378 g/mol. The van der Waals surface area contributed by atoms with Crippen molar-refractivity contribution in [3.63, 3.8) is 0 Å². The minimum absolute atomic E-state index is 0.0627. The Morgan fingerprint density at radius 1 is 1.14 bits per heavy atom. The third-order valence-electron chi connectivity index (χ3n) is 4.45. The molecule has 144 valence electrons. The highest BCUT2D eigenvalue weighted by Crippen LogP contribution is 2.27. The maximum absolute atomic E-state index is 12.7. The molecule has 2 aromatic heterocycles. The normalized spacial score (nSPS) is 13.2. The lowest BCUT2D eigenvalue weighted by Gasteiger charge is -2.30. The number of hydrogen-bond donors (Lipinski definition) is 1. The van der Waals surface area contributed by atoms with Crippen molar-refractivity contribution in [2.24, 2.45) is 0 Å². The Bertz CT molecular complexity index is 1010. The second-order valence-electron chi connectivity index (χ2n) is 6.49. The molecule has 28 heavy (non-hydrogen) atoms. The van der Waals surface area contributed by atoms with E-state index in [-0.39, 0.29) is 5.56 Å². The van der Waals surface area contributed by atoms with Crippen molar-refractivity contribution in [1.82, 2.24) is 19.5 Å². The average Bonchev–Trinajstić information content (AvgIpc) is 2.74. The standard InChI is InChI=1S/C20H22N6O2/c1-2-13-28-24-19-21-10-9-17(23-19)25-11-6-12-26-18(27)14-16(22-20(25)26)15-7-4-3-5-8-15/h3-5,7-10,14H,2,6,11-13H2,1H3,(H,21,23,24). The van der Waals surface area contributed by atoms with Crippen LogP contribution in [0.25, 0.3) is 11.3 Å². The molecule has 1 aromatic carbocycles. The van der Waals surface area contributed by atoms with E-state index in [2.05, 4.69) is 15.4 Å². The van der Waals surface area contributed by atoms with Gasteiger partial charge in [-0.3, -0.25) is 19.1 Å². The number of anilines is 3. The maximum atomic E-state index is 12.7. The zero-order valence-corrected chi connectivity index (χ0v) is 15.7. The number of nitrogens with one attached hydrogen (secondary N) is 1. The first-order valence-electron chi connectivity index (χ1n) is 9.42. The lowest BCUT2D eigenvalue weighted by molar-refractivity contribution is 0.191. The van der Waals surface area contributed by atoms with Gasteiger partial charge in [0.15, 0.2) is 0 Å². The number of nitrogens with zero attached hydrogens (tertiary/aromatic N) is 5. The first-order valence-corrected chi connectivity index (χ1v) is 9.42. The summed E-state index contributed by atoms with van der Waals surface area (Å²) in [5, 5.41) is 0. The van der Waals surface area contributed by atoms with Gasteiger partial charge in [-0.05, 0) is 18.9 Å². The van der Waals surface area contributed by atoms with Crippen LogP contribution in [0.4, 0.5) is 17.7 Å². The van der Waals surface area contributed by atoms with E-state index in [1.54, 1.807) is 16.8 Å². The Hall–Kier alpha value is -3.26. The lowest BCUT2D eigenvalue weighted by atomic mass is 10.1. The van der Waals surface area contributed by atoms with Crippen molar-refractivity contribution >= 4 is 17.7 Å². The summed E-state index contributed by atoms with van der Waals surface area (Å²) in [6, 6.07) is 13.1. The van der Waals surface area contributed by atoms with Crippen LogP contribution in [-0.4, -0.2) is 32.7 Å². The molecule has 0 spiro atoms. The van der Waals surface area contributed by atoms with E-state index in [1.807, 2.05) is 48.2 Å². The van der Waals surface area contributed by atoms with E-state index in [4.69, 9.17) is 9.82 Å². The molecule has 0 unspecified atom stereocenters. The Labute approximate surface area is 162 Å². The van der Waals surface area contributed by atoms with Crippen LogP contribution in [0.5, 0.6) is 0 Å². The summed E-state index contributed by atoms with van der Waals surface area (Å²) in [5.41, 5.74) is 4.26. The van der Waals surface area contributed by atoms with E-state index in [9.17, 15) is 4.79 Å². The SMILES string of the molecule is CCCONc1nccc(N2CCCn3c2nc(-c2ccccc2)cc3=O)n1. The van der Waals surface area contributed by atoms with Gasteiger partial charge in [0, 0.05) is 30.9 Å². The molecule has 0 saturated carbocycles. The minimum Gasteiger partial charge on any atom is -0.296 e. The summed E-state index contributed by atoms with van der Waals surface area (Å²) in [5.74, 6) is 1.64. The smallest absolute Gasteiger partial charge is 0.255 e. The molecule has 0 radical (unpaired) electrons. The maximum Gasteiger partial charge on any atom is 0.255 e. The lowest BCUT2D eigenvalue weighted by Crippen LogP contribution is -2.36. The second kappa shape index (κ2) is 8.18. The van der Waals surface area contributed by atoms with E-state index in [0.717, 1.165) is 24.9 Å². The minimum atomic E-state index is -0.0627. The molecular weight excluding hydrogens is 356 g/mol. The van der Waals surface area contributed by atoms with Crippen molar-refractivity contribution in [1.29, 1.82) is 0 Å². The Kier molecular flexibility index (Phi) is 5.29. The summed E-state index contributed by atoms with van der Waals surface area (Å²) >= 11 is 0. The van der Waals surface area contributed by atoms with E-state index in [0.29, 0.717) is 36.6 Å². The van der Waals surface area contributed by atoms with Gasteiger partial charge in [-0.25, -0.2) is 15.4 Å². The fourth-order valence-electron chi connectivity index (χ4n) is 3.14. The summed E-state index contributed by atoms with van der Waals surface area (Å²) in [6.07, 6.45) is 3.39. The molecule has 0 amide bonds. The molecule has 3 heterocycles. The molecule has 4 rings (SSSR count). The number of aromatic nitrogens is 4. The second-order valence-corrected chi connectivity index (χ2v) is 6.49. The van der Waals surface area contributed by atoms with Gasteiger partial charge in [0.05, 0.1) is 12.3 Å². The van der Waals surface area contributed by atoms with E-state index < -0.39 is 0 Å². The molecule has 8 nitrogen and oxygen atoms in total. The summed E-state index contributed by atoms with van der Waals surface area (Å²) in [6.45, 7) is 3.95. The topological polar surface area (TPSA) is 85.2 Å². The number of hydrogen-bond acceptors (Lipinski definition) is 7. The zero-order chi connectivity index (χ0) is 19.3. The number of rotatable bonds is 6. The third kappa shape index (κ3) is 3.72. The van der Waals surface area contributed by atoms with Gasteiger partial charge in [-0.15, -0.1) is 0 Å².